The van der Waals surface area contributed by atoms with Crippen molar-refractivity contribution in [3.05, 3.63) is 57.3 Å². The van der Waals surface area contributed by atoms with Crippen molar-refractivity contribution < 1.29 is 13.2 Å². The average molecular weight is 411 g/mol. The second kappa shape index (κ2) is 7.52. The van der Waals surface area contributed by atoms with Gasteiger partial charge >= 0.3 is 0 Å². The zero-order valence-electron chi connectivity index (χ0n) is 14.7. The van der Waals surface area contributed by atoms with Gasteiger partial charge in [0.1, 0.15) is 0 Å². The third kappa shape index (κ3) is 3.86. The van der Waals surface area contributed by atoms with Crippen molar-refractivity contribution >= 4 is 43.2 Å². The summed E-state index contributed by atoms with van der Waals surface area (Å²) in [6.45, 7) is 5.03. The largest absolute Gasteiger partial charge is 0.383 e. The van der Waals surface area contributed by atoms with Crippen molar-refractivity contribution in [2.24, 2.45) is 4.40 Å². The van der Waals surface area contributed by atoms with Crippen LogP contribution in [0.1, 0.15) is 11.1 Å². The molecule has 0 unspecified atom stereocenters. The first-order chi connectivity index (χ1) is 12.3. The van der Waals surface area contributed by atoms with Crippen molar-refractivity contribution in [3.63, 3.8) is 0 Å². The Labute approximate surface area is 161 Å². The average Bonchev–Trinajstić information content (AvgIpc) is 2.90. The molecule has 0 atom stereocenters. The van der Waals surface area contributed by atoms with E-state index >= 15 is 0 Å². The third-order valence-corrected chi connectivity index (χ3v) is 6.82. The molecule has 0 aliphatic carbocycles. The number of benzene rings is 2. The highest BCUT2D eigenvalue weighted by atomic mass is 35.5. The lowest BCUT2D eigenvalue weighted by atomic mass is 10.1. The minimum Gasteiger partial charge on any atom is -0.383 e. The van der Waals surface area contributed by atoms with E-state index in [2.05, 4.69) is 10.5 Å². The van der Waals surface area contributed by atoms with Crippen LogP contribution in [0.15, 0.2) is 45.7 Å². The number of sulfonamides is 1. The number of methoxy groups -OCH3 is 1. The Kier molecular flexibility index (Phi) is 5.53. The van der Waals surface area contributed by atoms with Crippen LogP contribution in [0, 0.1) is 13.8 Å². The van der Waals surface area contributed by atoms with E-state index in [4.69, 9.17) is 16.3 Å². The minimum absolute atomic E-state index is 0.116. The highest BCUT2D eigenvalue weighted by Crippen LogP contribution is 2.24. The molecule has 1 heterocycles. The van der Waals surface area contributed by atoms with E-state index in [-0.39, 0.29) is 4.90 Å². The van der Waals surface area contributed by atoms with Crippen molar-refractivity contribution in [3.8, 4) is 0 Å². The van der Waals surface area contributed by atoms with Crippen LogP contribution >= 0.6 is 22.9 Å². The van der Waals surface area contributed by atoms with Gasteiger partial charge in [-0.05, 0) is 55.3 Å². The van der Waals surface area contributed by atoms with E-state index in [0.29, 0.717) is 23.0 Å². The van der Waals surface area contributed by atoms with Crippen LogP contribution in [0.4, 0.5) is 0 Å². The first-order valence-electron chi connectivity index (χ1n) is 7.98. The molecule has 0 N–H and O–H groups in total. The van der Waals surface area contributed by atoms with Crippen LogP contribution < -0.4 is 4.80 Å². The molecule has 0 amide bonds. The van der Waals surface area contributed by atoms with Gasteiger partial charge in [0.2, 0.25) is 4.80 Å². The highest BCUT2D eigenvalue weighted by molar-refractivity contribution is 7.90. The smallest absolute Gasteiger partial charge is 0.285 e. The predicted octanol–water partition coefficient (Wildman–Crippen LogP) is 3.91. The number of rotatable bonds is 5. The number of hydrogen-bond donors (Lipinski definition) is 0. The van der Waals surface area contributed by atoms with Gasteiger partial charge in [0.05, 0.1) is 21.7 Å². The number of fused-ring (bicyclic) bond motifs is 1. The predicted molar refractivity (Wildman–Crippen MR) is 105 cm³/mol. The van der Waals surface area contributed by atoms with Gasteiger partial charge in [-0.2, -0.15) is 8.42 Å². The molecule has 0 saturated heterocycles. The van der Waals surface area contributed by atoms with Gasteiger partial charge in [-0.1, -0.05) is 29.0 Å². The number of ether oxygens (including phenoxy) is 1. The summed E-state index contributed by atoms with van der Waals surface area (Å²) in [6, 6.07) is 10.1. The van der Waals surface area contributed by atoms with Crippen molar-refractivity contribution in [2.45, 2.75) is 25.3 Å². The Morgan fingerprint density at radius 1 is 1.19 bits per heavy atom. The molecule has 3 rings (SSSR count). The Bertz CT molecular complexity index is 1110. The molecule has 0 saturated carbocycles. The number of aromatic nitrogens is 1. The van der Waals surface area contributed by atoms with E-state index in [1.54, 1.807) is 19.2 Å². The fourth-order valence-corrected chi connectivity index (χ4v) is 5.18. The Balaban J connectivity index is 2.24. The van der Waals surface area contributed by atoms with Gasteiger partial charge in [0.15, 0.2) is 0 Å². The molecule has 3 aromatic rings. The number of halogens is 1. The van der Waals surface area contributed by atoms with E-state index in [0.717, 1.165) is 21.3 Å². The maximum atomic E-state index is 12.7. The lowest BCUT2D eigenvalue weighted by Gasteiger charge is -2.06. The lowest BCUT2D eigenvalue weighted by Crippen LogP contribution is -2.19. The number of hydrogen-bond acceptors (Lipinski definition) is 4. The van der Waals surface area contributed by atoms with Gasteiger partial charge < -0.3 is 9.30 Å². The van der Waals surface area contributed by atoms with Crippen LogP contribution in [-0.4, -0.2) is 26.7 Å². The molecule has 26 heavy (non-hydrogen) atoms. The molecule has 0 spiro atoms. The highest BCUT2D eigenvalue weighted by Gasteiger charge is 2.15. The maximum absolute atomic E-state index is 12.7. The number of thiazole rings is 1. The van der Waals surface area contributed by atoms with Gasteiger partial charge in [-0.3, -0.25) is 0 Å². The molecular weight excluding hydrogens is 392 g/mol. The second-order valence-corrected chi connectivity index (χ2v) is 9.00. The summed E-state index contributed by atoms with van der Waals surface area (Å²) in [6.07, 6.45) is 0. The van der Waals surface area contributed by atoms with E-state index < -0.39 is 10.0 Å². The Morgan fingerprint density at radius 3 is 2.54 bits per heavy atom. The number of aryl methyl sites for hydroxylation is 2. The summed E-state index contributed by atoms with van der Waals surface area (Å²) in [7, 11) is -2.22. The molecule has 0 bridgehead atoms. The quantitative estimate of drug-likeness (QED) is 0.640. The molecule has 0 fully saturated rings. The van der Waals surface area contributed by atoms with Gasteiger partial charge in [-0.25, -0.2) is 0 Å². The molecule has 138 valence electrons. The lowest BCUT2D eigenvalue weighted by molar-refractivity contribution is 0.187. The van der Waals surface area contributed by atoms with E-state index in [1.807, 2.05) is 24.5 Å². The molecule has 0 aliphatic rings. The molecule has 2 aromatic carbocycles. The molecule has 8 heteroatoms. The summed E-state index contributed by atoms with van der Waals surface area (Å²) < 4.78 is 37.7. The van der Waals surface area contributed by atoms with Crippen molar-refractivity contribution in [1.82, 2.24) is 4.57 Å². The monoisotopic (exact) mass is 410 g/mol. The van der Waals surface area contributed by atoms with E-state index in [9.17, 15) is 8.42 Å². The second-order valence-electron chi connectivity index (χ2n) is 5.98. The van der Waals surface area contributed by atoms with Crippen LogP contribution in [0.2, 0.25) is 5.02 Å². The minimum atomic E-state index is -3.83. The van der Waals surface area contributed by atoms with Gasteiger partial charge in [0, 0.05) is 18.7 Å². The molecular formula is C18H19ClN2O3S2. The van der Waals surface area contributed by atoms with Gasteiger partial charge in [-0.15, -0.1) is 4.40 Å². The standard InChI is InChI=1S/C18H19ClN2O3S2/c1-12-10-13(2)17-16(11-12)21(8-9-24-3)18(25-17)20-26(22,23)15-6-4-14(19)5-7-15/h4-7,10-11H,8-9H2,1-3H3. The SMILES string of the molecule is COCCn1c(=NS(=O)(=O)c2ccc(Cl)cc2)sc2c(C)cc(C)cc21. The molecule has 0 radical (unpaired) electrons. The van der Waals surface area contributed by atoms with Crippen LogP contribution in [0.5, 0.6) is 0 Å². The fourth-order valence-electron chi connectivity index (χ4n) is 2.74. The van der Waals surface area contributed by atoms with E-state index in [1.165, 1.54) is 23.5 Å². The topological polar surface area (TPSA) is 60.7 Å². The maximum Gasteiger partial charge on any atom is 0.285 e. The van der Waals surface area contributed by atoms with Crippen LogP contribution in [0.25, 0.3) is 10.2 Å². The zero-order chi connectivity index (χ0) is 18.9. The Morgan fingerprint density at radius 2 is 1.88 bits per heavy atom. The van der Waals surface area contributed by atoms with Crippen LogP contribution in [0.3, 0.4) is 0 Å². The van der Waals surface area contributed by atoms with Crippen LogP contribution in [-0.2, 0) is 21.3 Å². The Hall–Kier alpha value is -1.67. The first-order valence-corrected chi connectivity index (χ1v) is 10.6. The summed E-state index contributed by atoms with van der Waals surface area (Å²) in [5.74, 6) is 0. The molecule has 1 aromatic heterocycles. The summed E-state index contributed by atoms with van der Waals surface area (Å²) in [5, 5.41) is 0.479. The fraction of sp³-hybridized carbons (Fsp3) is 0.278. The number of nitrogens with zero attached hydrogens (tertiary/aromatic N) is 2. The summed E-state index contributed by atoms with van der Waals surface area (Å²) in [4.78, 5) is 0.547. The van der Waals surface area contributed by atoms with Crippen molar-refractivity contribution in [2.75, 3.05) is 13.7 Å². The normalized spacial score (nSPS) is 12.8. The summed E-state index contributed by atoms with van der Waals surface area (Å²) >= 11 is 7.22. The molecule has 0 aliphatic heterocycles. The van der Waals surface area contributed by atoms with Gasteiger partial charge in [0.25, 0.3) is 10.0 Å². The first kappa shape index (κ1) is 19.1. The third-order valence-electron chi connectivity index (χ3n) is 3.94. The molecule has 5 nitrogen and oxygen atoms in total. The van der Waals surface area contributed by atoms with Crippen molar-refractivity contribution in [1.29, 1.82) is 0 Å². The summed E-state index contributed by atoms with van der Waals surface area (Å²) in [5.41, 5.74) is 3.18. The zero-order valence-corrected chi connectivity index (χ0v) is 17.1.